The lowest BCUT2D eigenvalue weighted by Crippen LogP contribution is -2.59. The van der Waals surface area contributed by atoms with Crippen LogP contribution in [0.15, 0.2) is 42.0 Å². The van der Waals surface area contributed by atoms with Crippen molar-refractivity contribution in [3.05, 3.63) is 58.7 Å². The van der Waals surface area contributed by atoms with Crippen LogP contribution in [0.2, 0.25) is 0 Å². The summed E-state index contributed by atoms with van der Waals surface area (Å²) in [6.07, 6.45) is 8.25. The topological polar surface area (TPSA) is 69.7 Å². The first-order valence-electron chi connectivity index (χ1n) is 16.0. The van der Waals surface area contributed by atoms with Crippen LogP contribution in [0.3, 0.4) is 0 Å². The zero-order valence-corrected chi connectivity index (χ0v) is 27.9. The molecule has 0 N–H and O–H groups in total. The second-order valence-corrected chi connectivity index (χ2v) is 12.1. The fourth-order valence-electron chi connectivity index (χ4n) is 7.15. The Bertz CT molecular complexity index is 1260. The van der Waals surface area contributed by atoms with Gasteiger partial charge in [0.25, 0.3) is 0 Å². The number of allylic oxidation sites excluding steroid dienone is 1. The van der Waals surface area contributed by atoms with Crippen molar-refractivity contribution >= 4 is 5.91 Å². The number of piperidine rings is 1. The maximum Gasteiger partial charge on any atom is 0.223 e. The van der Waals surface area contributed by atoms with E-state index < -0.39 is 0 Å². The van der Waals surface area contributed by atoms with E-state index in [9.17, 15) is 4.79 Å². The lowest BCUT2D eigenvalue weighted by atomic mass is 9.76. The third kappa shape index (κ3) is 7.52. The zero-order chi connectivity index (χ0) is 31.7. The summed E-state index contributed by atoms with van der Waals surface area (Å²) in [5, 5.41) is 0. The minimum absolute atomic E-state index is 0.174. The number of hydrogen-bond donors (Lipinski definition) is 0. The maximum absolute atomic E-state index is 14.1. The van der Waals surface area contributed by atoms with Crippen LogP contribution in [0.1, 0.15) is 75.0 Å². The molecule has 1 unspecified atom stereocenters. The molecule has 0 bridgehead atoms. The molecular formula is C36H52N2O6. The first kappa shape index (κ1) is 33.7. The van der Waals surface area contributed by atoms with Crippen LogP contribution >= 0.6 is 0 Å². The molecule has 242 valence electrons. The van der Waals surface area contributed by atoms with E-state index in [4.69, 9.17) is 23.7 Å². The molecule has 2 aromatic rings. The summed E-state index contributed by atoms with van der Waals surface area (Å²) in [5.74, 6) is 3.61. The summed E-state index contributed by atoms with van der Waals surface area (Å²) in [5.41, 5.74) is 4.47. The molecule has 1 atom stereocenters. The largest absolute Gasteiger partial charge is 0.497 e. The van der Waals surface area contributed by atoms with Crippen molar-refractivity contribution < 1.29 is 28.5 Å². The van der Waals surface area contributed by atoms with Gasteiger partial charge in [0.05, 0.1) is 40.6 Å². The standard InChI is InChI=1S/C36H52N2O6/c1-8-10-28-19-26(2)36(13-15-37(16-14-36)25-27-20-30(41-4)23-31(21-27)42-5)38(17-18-40-3)34(39)12-9-11-29-22-32(43-6)24-33(44-7)35(28)29/h19-24,28H,8-18,25H2,1-7H3/b26-19+. The summed E-state index contributed by atoms with van der Waals surface area (Å²) in [6.45, 7) is 8.11. The van der Waals surface area contributed by atoms with Crippen molar-refractivity contribution in [3.63, 3.8) is 0 Å². The van der Waals surface area contributed by atoms with Crippen molar-refractivity contribution in [2.75, 3.05) is 61.8 Å². The van der Waals surface area contributed by atoms with Gasteiger partial charge in [-0.3, -0.25) is 9.69 Å². The lowest BCUT2D eigenvalue weighted by molar-refractivity contribution is -0.139. The van der Waals surface area contributed by atoms with E-state index in [1.807, 2.05) is 12.1 Å². The van der Waals surface area contributed by atoms with Crippen LogP contribution in [0.4, 0.5) is 0 Å². The van der Waals surface area contributed by atoms with Crippen LogP contribution in [0.5, 0.6) is 23.0 Å². The van der Waals surface area contributed by atoms with E-state index in [-0.39, 0.29) is 17.4 Å². The molecule has 0 radical (unpaired) electrons. The van der Waals surface area contributed by atoms with E-state index >= 15 is 0 Å². The zero-order valence-electron chi connectivity index (χ0n) is 27.9. The predicted molar refractivity (Wildman–Crippen MR) is 174 cm³/mol. The van der Waals surface area contributed by atoms with E-state index in [2.05, 4.69) is 47.9 Å². The SMILES string of the molecule is CCCC1/C=C(\C)C2(CCN(Cc3cc(OC)cc(OC)c3)CC2)N(CCOC)C(=O)CCCc2cc(OC)cc(OC)c21. The minimum atomic E-state index is -0.381. The van der Waals surface area contributed by atoms with Crippen molar-refractivity contribution in [1.82, 2.24) is 9.80 Å². The van der Waals surface area contributed by atoms with Gasteiger partial charge in [-0.25, -0.2) is 0 Å². The fraction of sp³-hybridized carbons (Fsp3) is 0.583. The van der Waals surface area contributed by atoms with Crippen molar-refractivity contribution in [3.8, 4) is 23.0 Å². The molecule has 44 heavy (non-hydrogen) atoms. The van der Waals surface area contributed by atoms with Crippen LogP contribution in [0.25, 0.3) is 0 Å². The highest BCUT2D eigenvalue weighted by atomic mass is 16.5. The average molecular weight is 609 g/mol. The van der Waals surface area contributed by atoms with Gasteiger partial charge >= 0.3 is 0 Å². The Kier molecular flexibility index (Phi) is 12.0. The molecule has 2 heterocycles. The van der Waals surface area contributed by atoms with Crippen LogP contribution < -0.4 is 18.9 Å². The average Bonchev–Trinajstić information content (AvgIpc) is 3.05. The number of rotatable bonds is 11. The maximum atomic E-state index is 14.1. The predicted octanol–water partition coefficient (Wildman–Crippen LogP) is 6.40. The normalized spacial score (nSPS) is 20.3. The van der Waals surface area contributed by atoms with E-state index in [1.54, 1.807) is 35.5 Å². The number of carbonyl (C=O) groups is 1. The summed E-state index contributed by atoms with van der Waals surface area (Å²) in [4.78, 5) is 18.7. The van der Waals surface area contributed by atoms with Gasteiger partial charge in [0.1, 0.15) is 23.0 Å². The molecule has 1 fully saturated rings. The number of carbonyl (C=O) groups excluding carboxylic acids is 1. The van der Waals surface area contributed by atoms with E-state index in [0.29, 0.717) is 19.6 Å². The molecule has 2 aromatic carbocycles. The smallest absolute Gasteiger partial charge is 0.223 e. The molecule has 0 aliphatic carbocycles. The van der Waals surface area contributed by atoms with E-state index in [0.717, 1.165) is 86.7 Å². The molecular weight excluding hydrogens is 556 g/mol. The first-order chi connectivity index (χ1) is 21.3. The third-order valence-corrected chi connectivity index (χ3v) is 9.49. The summed E-state index contributed by atoms with van der Waals surface area (Å²) >= 11 is 0. The summed E-state index contributed by atoms with van der Waals surface area (Å²) in [6, 6.07) is 10.2. The number of benzene rings is 2. The monoisotopic (exact) mass is 608 g/mol. The van der Waals surface area contributed by atoms with Crippen LogP contribution in [-0.4, -0.2) is 83.0 Å². The van der Waals surface area contributed by atoms with Gasteiger partial charge in [0, 0.05) is 63.3 Å². The minimum Gasteiger partial charge on any atom is -0.497 e. The summed E-state index contributed by atoms with van der Waals surface area (Å²) in [7, 11) is 8.51. The Labute approximate surface area is 264 Å². The highest BCUT2D eigenvalue weighted by Crippen LogP contribution is 2.43. The second kappa shape index (κ2) is 15.7. The molecule has 0 saturated carbocycles. The van der Waals surface area contributed by atoms with Gasteiger partial charge in [-0.1, -0.05) is 25.0 Å². The molecule has 0 aromatic heterocycles. The van der Waals surface area contributed by atoms with Crippen LogP contribution in [0, 0.1) is 0 Å². The van der Waals surface area contributed by atoms with E-state index in [1.165, 1.54) is 16.7 Å². The quantitative estimate of drug-likeness (QED) is 0.274. The Morgan fingerprint density at radius 3 is 2.11 bits per heavy atom. The molecule has 2 aliphatic heterocycles. The number of aryl methyl sites for hydroxylation is 1. The summed E-state index contributed by atoms with van der Waals surface area (Å²) < 4.78 is 28.2. The Morgan fingerprint density at radius 1 is 0.864 bits per heavy atom. The fourth-order valence-corrected chi connectivity index (χ4v) is 7.15. The van der Waals surface area contributed by atoms with Gasteiger partial charge in [-0.15, -0.1) is 0 Å². The highest BCUT2D eigenvalue weighted by molar-refractivity contribution is 5.78. The Hall–Kier alpha value is -3.23. The van der Waals surface area contributed by atoms with Gasteiger partial charge in [0.15, 0.2) is 0 Å². The number of likely N-dealkylation sites (tertiary alicyclic amines) is 1. The Balaban J connectivity index is 1.74. The number of methoxy groups -OCH3 is 5. The second-order valence-electron chi connectivity index (χ2n) is 12.1. The highest BCUT2D eigenvalue weighted by Gasteiger charge is 2.44. The lowest BCUT2D eigenvalue weighted by Gasteiger charge is -2.50. The number of fused-ring (bicyclic) bond motifs is 1. The van der Waals surface area contributed by atoms with Gasteiger partial charge in [-0.05, 0) is 68.4 Å². The van der Waals surface area contributed by atoms with Gasteiger partial charge < -0.3 is 28.6 Å². The number of ether oxygens (including phenoxy) is 5. The molecule has 1 saturated heterocycles. The molecule has 1 spiro atoms. The molecule has 4 rings (SSSR count). The number of nitrogens with zero attached hydrogens (tertiary/aromatic N) is 2. The molecule has 1 amide bonds. The first-order valence-corrected chi connectivity index (χ1v) is 16.0. The van der Waals surface area contributed by atoms with Crippen LogP contribution in [-0.2, 0) is 22.5 Å². The molecule has 8 heteroatoms. The van der Waals surface area contributed by atoms with Gasteiger partial charge in [0.2, 0.25) is 5.91 Å². The van der Waals surface area contributed by atoms with Crippen molar-refractivity contribution in [2.24, 2.45) is 0 Å². The van der Waals surface area contributed by atoms with Crippen molar-refractivity contribution in [1.29, 1.82) is 0 Å². The molecule has 2 aliphatic rings. The number of amides is 1. The number of hydrogen-bond acceptors (Lipinski definition) is 7. The van der Waals surface area contributed by atoms with Crippen molar-refractivity contribution in [2.45, 2.75) is 76.8 Å². The Morgan fingerprint density at radius 2 is 1.52 bits per heavy atom. The third-order valence-electron chi connectivity index (χ3n) is 9.49. The molecule has 8 nitrogen and oxygen atoms in total. The van der Waals surface area contributed by atoms with Gasteiger partial charge in [-0.2, -0.15) is 0 Å².